The van der Waals surface area contributed by atoms with Gasteiger partial charge in [0.05, 0.1) is 0 Å². The maximum atomic E-state index is 13.1. The van der Waals surface area contributed by atoms with Crippen LogP contribution in [0.1, 0.15) is 5.56 Å². The number of nitrogens with zero attached hydrogens (tertiary/aromatic N) is 3. The number of fused-ring (bicyclic) bond motifs is 1. The molecule has 1 aromatic carbocycles. The zero-order chi connectivity index (χ0) is 11.8. The molecule has 0 amide bonds. The standard InChI is InChI=1S/C13H10FN3/c1-9-4-3-7-17-13(9)15-12(16-17)10-5-2-6-11(14)8-10/h2-8H,1H3. The lowest BCUT2D eigenvalue weighted by molar-refractivity contribution is 0.628. The van der Waals surface area contributed by atoms with Gasteiger partial charge in [0.2, 0.25) is 0 Å². The monoisotopic (exact) mass is 227 g/mol. The van der Waals surface area contributed by atoms with Crippen molar-refractivity contribution >= 4 is 5.65 Å². The summed E-state index contributed by atoms with van der Waals surface area (Å²) in [5.74, 6) is 0.261. The highest BCUT2D eigenvalue weighted by Gasteiger charge is 2.07. The average molecular weight is 227 g/mol. The molecule has 17 heavy (non-hydrogen) atoms. The van der Waals surface area contributed by atoms with Gasteiger partial charge in [0.15, 0.2) is 11.5 Å². The number of benzene rings is 1. The van der Waals surface area contributed by atoms with Gasteiger partial charge in [-0.15, -0.1) is 5.10 Å². The molecule has 0 saturated carbocycles. The Morgan fingerprint density at radius 1 is 1.18 bits per heavy atom. The number of hydrogen-bond acceptors (Lipinski definition) is 2. The maximum Gasteiger partial charge on any atom is 0.182 e. The molecular weight excluding hydrogens is 217 g/mol. The summed E-state index contributed by atoms with van der Waals surface area (Å²) in [6.45, 7) is 1.97. The van der Waals surface area contributed by atoms with E-state index in [-0.39, 0.29) is 5.82 Å². The third-order valence-electron chi connectivity index (χ3n) is 2.64. The third kappa shape index (κ3) is 1.67. The van der Waals surface area contributed by atoms with Crippen LogP contribution in [-0.4, -0.2) is 14.6 Å². The molecule has 0 aliphatic carbocycles. The Kier molecular flexibility index (Phi) is 2.14. The minimum Gasteiger partial charge on any atom is -0.220 e. The van der Waals surface area contributed by atoms with Crippen molar-refractivity contribution in [2.75, 3.05) is 0 Å². The molecule has 0 bridgehead atoms. The van der Waals surface area contributed by atoms with Gasteiger partial charge in [-0.25, -0.2) is 13.9 Å². The number of aromatic nitrogens is 3. The lowest BCUT2D eigenvalue weighted by Gasteiger charge is -1.93. The molecule has 0 fully saturated rings. The molecule has 0 spiro atoms. The summed E-state index contributed by atoms with van der Waals surface area (Å²) in [4.78, 5) is 4.41. The molecule has 0 atom stereocenters. The molecule has 3 rings (SSSR count). The molecule has 0 unspecified atom stereocenters. The quantitative estimate of drug-likeness (QED) is 0.640. The molecule has 0 aliphatic rings. The van der Waals surface area contributed by atoms with Gasteiger partial charge in [0, 0.05) is 11.8 Å². The smallest absolute Gasteiger partial charge is 0.182 e. The van der Waals surface area contributed by atoms with Crippen molar-refractivity contribution in [3.8, 4) is 11.4 Å². The van der Waals surface area contributed by atoms with E-state index in [4.69, 9.17) is 0 Å². The fourth-order valence-electron chi connectivity index (χ4n) is 1.79. The van der Waals surface area contributed by atoms with Gasteiger partial charge in [-0.2, -0.15) is 0 Å². The summed E-state index contributed by atoms with van der Waals surface area (Å²) < 4.78 is 14.8. The van der Waals surface area contributed by atoms with Crippen molar-refractivity contribution in [3.63, 3.8) is 0 Å². The van der Waals surface area contributed by atoms with Gasteiger partial charge in [-0.1, -0.05) is 18.2 Å². The van der Waals surface area contributed by atoms with Gasteiger partial charge < -0.3 is 0 Å². The number of aryl methyl sites for hydroxylation is 1. The lowest BCUT2D eigenvalue weighted by Crippen LogP contribution is -1.87. The van der Waals surface area contributed by atoms with Crippen molar-refractivity contribution in [2.24, 2.45) is 0 Å². The highest BCUT2D eigenvalue weighted by atomic mass is 19.1. The Morgan fingerprint density at radius 2 is 2.06 bits per heavy atom. The van der Waals surface area contributed by atoms with E-state index in [0.29, 0.717) is 11.4 Å². The van der Waals surface area contributed by atoms with Gasteiger partial charge >= 0.3 is 0 Å². The fourth-order valence-corrected chi connectivity index (χ4v) is 1.79. The van der Waals surface area contributed by atoms with Crippen molar-refractivity contribution in [1.82, 2.24) is 14.6 Å². The zero-order valence-electron chi connectivity index (χ0n) is 9.26. The minimum atomic E-state index is -0.280. The van der Waals surface area contributed by atoms with Crippen LogP contribution in [-0.2, 0) is 0 Å². The molecule has 0 aliphatic heterocycles. The molecule has 3 aromatic rings. The Labute approximate surface area is 97.5 Å². The predicted octanol–water partition coefficient (Wildman–Crippen LogP) is 2.84. The molecule has 4 heteroatoms. The first-order valence-corrected chi connectivity index (χ1v) is 5.32. The van der Waals surface area contributed by atoms with Crippen LogP contribution in [0.25, 0.3) is 17.0 Å². The Morgan fingerprint density at radius 3 is 2.82 bits per heavy atom. The third-order valence-corrected chi connectivity index (χ3v) is 2.64. The van der Waals surface area contributed by atoms with Gasteiger partial charge in [-0.3, -0.25) is 0 Å². The summed E-state index contributed by atoms with van der Waals surface area (Å²) in [5, 5.41) is 4.32. The van der Waals surface area contributed by atoms with Crippen LogP contribution in [0.2, 0.25) is 0 Å². The Bertz CT molecular complexity index is 688. The number of halogens is 1. The summed E-state index contributed by atoms with van der Waals surface area (Å²) in [7, 11) is 0. The largest absolute Gasteiger partial charge is 0.220 e. The van der Waals surface area contributed by atoms with Crippen LogP contribution >= 0.6 is 0 Å². The molecule has 84 valence electrons. The molecular formula is C13H10FN3. The number of rotatable bonds is 1. The zero-order valence-corrected chi connectivity index (χ0v) is 9.26. The molecule has 0 saturated heterocycles. The van der Waals surface area contributed by atoms with E-state index >= 15 is 0 Å². The lowest BCUT2D eigenvalue weighted by atomic mass is 10.2. The SMILES string of the molecule is Cc1cccn2nc(-c3cccc(F)c3)nc12. The van der Waals surface area contributed by atoms with Crippen LogP contribution < -0.4 is 0 Å². The van der Waals surface area contributed by atoms with Crippen LogP contribution in [0.5, 0.6) is 0 Å². The van der Waals surface area contributed by atoms with E-state index in [0.717, 1.165) is 11.2 Å². The first-order chi connectivity index (χ1) is 8.24. The van der Waals surface area contributed by atoms with E-state index in [1.165, 1.54) is 12.1 Å². The second-order valence-electron chi connectivity index (χ2n) is 3.91. The molecule has 0 N–H and O–H groups in total. The predicted molar refractivity (Wildman–Crippen MR) is 63.1 cm³/mol. The number of hydrogen-bond donors (Lipinski definition) is 0. The van der Waals surface area contributed by atoms with E-state index in [2.05, 4.69) is 10.1 Å². The van der Waals surface area contributed by atoms with Gasteiger partial charge in [-0.05, 0) is 30.7 Å². The average Bonchev–Trinajstić information content (AvgIpc) is 2.74. The van der Waals surface area contributed by atoms with Crippen molar-refractivity contribution in [2.45, 2.75) is 6.92 Å². The Balaban J connectivity index is 2.22. The van der Waals surface area contributed by atoms with Crippen LogP contribution in [0.15, 0.2) is 42.6 Å². The normalized spacial score (nSPS) is 10.9. The van der Waals surface area contributed by atoms with E-state index in [1.54, 1.807) is 16.6 Å². The second kappa shape index (κ2) is 3.66. The fraction of sp³-hybridized carbons (Fsp3) is 0.0769. The van der Waals surface area contributed by atoms with E-state index < -0.39 is 0 Å². The molecule has 2 aromatic heterocycles. The Hall–Kier alpha value is -2.23. The summed E-state index contributed by atoms with van der Waals surface area (Å²) in [5.41, 5.74) is 2.53. The van der Waals surface area contributed by atoms with E-state index in [9.17, 15) is 4.39 Å². The molecule has 0 radical (unpaired) electrons. The molecule has 3 nitrogen and oxygen atoms in total. The second-order valence-corrected chi connectivity index (χ2v) is 3.91. The highest BCUT2D eigenvalue weighted by Crippen LogP contribution is 2.18. The number of pyridine rings is 1. The first-order valence-electron chi connectivity index (χ1n) is 5.32. The topological polar surface area (TPSA) is 30.2 Å². The van der Waals surface area contributed by atoms with Crippen LogP contribution in [0.4, 0.5) is 4.39 Å². The van der Waals surface area contributed by atoms with Gasteiger partial charge in [0.1, 0.15) is 5.82 Å². The van der Waals surface area contributed by atoms with Crippen molar-refractivity contribution in [1.29, 1.82) is 0 Å². The first kappa shape index (κ1) is 9.96. The van der Waals surface area contributed by atoms with Crippen LogP contribution in [0.3, 0.4) is 0 Å². The summed E-state index contributed by atoms with van der Waals surface area (Å²) >= 11 is 0. The van der Waals surface area contributed by atoms with E-state index in [1.807, 2.05) is 25.3 Å². The summed E-state index contributed by atoms with van der Waals surface area (Å²) in [6.07, 6.45) is 1.83. The van der Waals surface area contributed by atoms with Crippen LogP contribution in [0, 0.1) is 12.7 Å². The van der Waals surface area contributed by atoms with Gasteiger partial charge in [0.25, 0.3) is 0 Å². The van der Waals surface area contributed by atoms with Crippen molar-refractivity contribution in [3.05, 3.63) is 54.0 Å². The van der Waals surface area contributed by atoms with Crippen molar-refractivity contribution < 1.29 is 4.39 Å². The maximum absolute atomic E-state index is 13.1. The minimum absolute atomic E-state index is 0.280. The summed E-state index contributed by atoms with van der Waals surface area (Å²) in [6, 6.07) is 10.2. The molecule has 2 heterocycles. The highest BCUT2D eigenvalue weighted by molar-refractivity contribution is 5.59.